The molecule has 0 saturated heterocycles. The SMILES string of the molecule is CC(C)[C@@H](C(=O)NO)N(Cc1ccccc1)S(=O)(=O)C(F)(F)C(F)(F)C(F)(F)C(F)(F)C(F)(F)C(F)(F)C(F)(F)C(F)(F)F. The van der Waals surface area contributed by atoms with Gasteiger partial charge in [0.2, 0.25) is 0 Å². The number of nitrogens with zero attached hydrogens (tertiary/aromatic N) is 1. The number of benzene rings is 1. The first-order chi connectivity index (χ1) is 19.3. The largest absolute Gasteiger partial charge is 0.460 e. The zero-order chi connectivity index (χ0) is 35.3. The summed E-state index contributed by atoms with van der Waals surface area (Å²) in [5.41, 5.74) is 0.150. The molecule has 0 aliphatic heterocycles. The van der Waals surface area contributed by atoms with E-state index in [1.54, 1.807) is 0 Å². The summed E-state index contributed by atoms with van der Waals surface area (Å²) >= 11 is 0. The van der Waals surface area contributed by atoms with Gasteiger partial charge in [-0.25, -0.2) is 13.9 Å². The van der Waals surface area contributed by atoms with Gasteiger partial charge in [0.15, 0.2) is 0 Å². The van der Waals surface area contributed by atoms with Gasteiger partial charge in [0.05, 0.1) is 0 Å². The predicted molar refractivity (Wildman–Crippen MR) is 110 cm³/mol. The minimum Gasteiger partial charge on any atom is -0.289 e. The number of carbonyl (C=O) groups is 1. The predicted octanol–water partition coefficient (Wildman–Crippen LogP) is 6.32. The van der Waals surface area contributed by atoms with Gasteiger partial charge in [-0.3, -0.25) is 10.0 Å². The van der Waals surface area contributed by atoms with Crippen LogP contribution in [0.15, 0.2) is 30.3 Å². The average Bonchev–Trinajstić information content (AvgIpc) is 2.86. The molecular formula is C20H17F17N2O4S. The molecule has 0 heterocycles. The number of rotatable bonds is 13. The van der Waals surface area contributed by atoms with Crippen LogP contribution in [0, 0.1) is 5.92 Å². The Kier molecular flexibility index (Phi) is 10.4. The number of hydroxylamine groups is 1. The lowest BCUT2D eigenvalue weighted by molar-refractivity contribution is -0.458. The van der Waals surface area contributed by atoms with Gasteiger partial charge >= 0.3 is 47.0 Å². The first kappa shape index (κ1) is 39.4. The minimum absolute atomic E-state index is 0.552. The van der Waals surface area contributed by atoms with Crippen LogP contribution >= 0.6 is 0 Å². The third-order valence-corrected chi connectivity index (χ3v) is 7.71. The zero-order valence-electron chi connectivity index (χ0n) is 21.2. The molecule has 1 aromatic carbocycles. The summed E-state index contributed by atoms with van der Waals surface area (Å²) in [5, 5.41) is 0.978. The van der Waals surface area contributed by atoms with E-state index in [2.05, 4.69) is 0 Å². The van der Waals surface area contributed by atoms with Gasteiger partial charge in [-0.05, 0) is 11.5 Å². The fraction of sp³-hybridized carbons (Fsp3) is 0.650. The normalized spacial score (nSPS) is 16.0. The molecule has 24 heteroatoms. The molecule has 6 nitrogen and oxygen atoms in total. The summed E-state index contributed by atoms with van der Waals surface area (Å²) in [4.78, 5) is 12.1. The van der Waals surface area contributed by atoms with Gasteiger partial charge in [-0.2, -0.15) is 78.9 Å². The van der Waals surface area contributed by atoms with Crippen LogP contribution in [0.4, 0.5) is 74.6 Å². The van der Waals surface area contributed by atoms with Crippen LogP contribution in [-0.2, 0) is 21.4 Å². The molecule has 1 amide bonds. The van der Waals surface area contributed by atoms with E-state index >= 15 is 0 Å². The van der Waals surface area contributed by atoms with Crippen molar-refractivity contribution in [2.45, 2.75) is 73.4 Å². The summed E-state index contributed by atoms with van der Waals surface area (Å²) in [6.45, 7) is -0.203. The molecule has 0 saturated carbocycles. The Hall–Kier alpha value is -2.63. The van der Waals surface area contributed by atoms with Gasteiger partial charge in [0.1, 0.15) is 6.04 Å². The molecule has 2 N–H and O–H groups in total. The molecule has 1 rings (SSSR count). The molecular weight excluding hydrogens is 687 g/mol. The molecule has 44 heavy (non-hydrogen) atoms. The Bertz CT molecular complexity index is 1280. The first-order valence-corrected chi connectivity index (χ1v) is 12.4. The van der Waals surface area contributed by atoms with Gasteiger partial charge in [-0.15, -0.1) is 0 Å². The number of hydrogen-bond acceptors (Lipinski definition) is 4. The Labute approximate surface area is 234 Å². The second-order valence-electron chi connectivity index (χ2n) is 9.16. The molecule has 0 aliphatic rings. The monoisotopic (exact) mass is 704 g/mol. The van der Waals surface area contributed by atoms with Crippen molar-refractivity contribution in [3.63, 3.8) is 0 Å². The second-order valence-corrected chi connectivity index (χ2v) is 11.1. The highest BCUT2D eigenvalue weighted by Crippen LogP contribution is 2.64. The van der Waals surface area contributed by atoms with Crippen molar-refractivity contribution >= 4 is 15.9 Å². The summed E-state index contributed by atoms with van der Waals surface area (Å²) in [6.07, 6.45) is -7.95. The Morgan fingerprint density at radius 3 is 1.41 bits per heavy atom. The molecule has 0 unspecified atom stereocenters. The molecule has 0 bridgehead atoms. The smallest absolute Gasteiger partial charge is 0.289 e. The summed E-state index contributed by atoms with van der Waals surface area (Å²) in [6, 6.07) is 2.00. The molecule has 0 aliphatic carbocycles. The number of hydrogen-bond donors (Lipinski definition) is 2. The second kappa shape index (κ2) is 11.6. The van der Waals surface area contributed by atoms with Crippen molar-refractivity contribution in [3.05, 3.63) is 35.9 Å². The number of sulfonamides is 1. The number of halogens is 17. The van der Waals surface area contributed by atoms with E-state index in [1.165, 1.54) is 6.07 Å². The average molecular weight is 704 g/mol. The number of nitrogens with one attached hydrogen (secondary N) is 1. The number of amides is 1. The number of alkyl halides is 17. The topological polar surface area (TPSA) is 86.7 Å². The molecule has 1 aromatic rings. The van der Waals surface area contributed by atoms with Gasteiger partial charge < -0.3 is 0 Å². The fourth-order valence-corrected chi connectivity index (χ4v) is 5.09. The molecule has 256 valence electrons. The zero-order valence-corrected chi connectivity index (χ0v) is 22.0. The highest BCUT2D eigenvalue weighted by Gasteiger charge is 2.96. The standard InChI is InChI=1S/C20H17F17N2O4S/c1-9(2)11(12(40)38-41)39(8-10-6-4-3-5-7-10)44(42,43)20(36,37)18(31,32)16(27,28)14(23,24)13(21,22)15(25,26)17(29,30)19(33,34)35/h3-7,9,11,41H,8H2,1-2H3,(H,38,40)/t11-/m0/s1. The van der Waals surface area contributed by atoms with Crippen LogP contribution in [0.1, 0.15) is 19.4 Å². The van der Waals surface area contributed by atoms with Crippen molar-refractivity contribution in [3.8, 4) is 0 Å². The van der Waals surface area contributed by atoms with E-state index in [4.69, 9.17) is 5.21 Å². The quantitative estimate of drug-likeness (QED) is 0.143. The molecule has 0 spiro atoms. The lowest BCUT2D eigenvalue weighted by Gasteiger charge is -2.43. The minimum atomic E-state index is -9.00. The molecule has 1 atom stereocenters. The fourth-order valence-electron chi connectivity index (χ4n) is 3.39. The van der Waals surface area contributed by atoms with Crippen LogP contribution in [0.5, 0.6) is 0 Å². The Balaban J connectivity index is 3.99. The van der Waals surface area contributed by atoms with Crippen molar-refractivity contribution in [1.29, 1.82) is 0 Å². The lowest BCUT2D eigenvalue weighted by atomic mass is 9.91. The van der Waals surface area contributed by atoms with Gasteiger partial charge in [0, 0.05) is 6.54 Å². The van der Waals surface area contributed by atoms with E-state index in [0.717, 1.165) is 38.1 Å². The lowest BCUT2D eigenvalue weighted by Crippen LogP contribution is -2.75. The van der Waals surface area contributed by atoms with E-state index in [9.17, 15) is 87.8 Å². The van der Waals surface area contributed by atoms with Gasteiger partial charge in [-0.1, -0.05) is 44.2 Å². The molecule has 0 aromatic heterocycles. The van der Waals surface area contributed by atoms with Crippen LogP contribution in [-0.4, -0.2) is 76.8 Å². The van der Waals surface area contributed by atoms with Crippen molar-refractivity contribution in [2.75, 3.05) is 0 Å². The third kappa shape index (κ3) is 5.64. The van der Waals surface area contributed by atoms with Crippen molar-refractivity contribution < 1.29 is 93.1 Å². The third-order valence-electron chi connectivity index (χ3n) is 5.83. The van der Waals surface area contributed by atoms with Crippen LogP contribution < -0.4 is 5.48 Å². The Morgan fingerprint density at radius 2 is 1.07 bits per heavy atom. The molecule has 0 fully saturated rings. The van der Waals surface area contributed by atoms with Crippen LogP contribution in [0.25, 0.3) is 0 Å². The van der Waals surface area contributed by atoms with E-state index in [-0.39, 0.29) is 0 Å². The number of carbonyl (C=O) groups excluding carboxylic acids is 1. The summed E-state index contributed by atoms with van der Waals surface area (Å²) in [7, 11) is -7.83. The Morgan fingerprint density at radius 1 is 0.705 bits per heavy atom. The molecule has 0 radical (unpaired) electrons. The van der Waals surface area contributed by atoms with E-state index < -0.39 is 91.3 Å². The van der Waals surface area contributed by atoms with E-state index in [1.807, 2.05) is 0 Å². The highest BCUT2D eigenvalue weighted by molar-refractivity contribution is 7.90. The van der Waals surface area contributed by atoms with Gasteiger partial charge in [0.25, 0.3) is 15.9 Å². The van der Waals surface area contributed by atoms with Crippen LogP contribution in [0.3, 0.4) is 0 Å². The maximum absolute atomic E-state index is 14.9. The summed E-state index contributed by atoms with van der Waals surface area (Å²) < 4.78 is 257. The van der Waals surface area contributed by atoms with Crippen molar-refractivity contribution in [1.82, 2.24) is 9.79 Å². The van der Waals surface area contributed by atoms with E-state index in [0.29, 0.717) is 5.48 Å². The first-order valence-electron chi connectivity index (χ1n) is 11.0. The summed E-state index contributed by atoms with van der Waals surface area (Å²) in [5.74, 6) is -56.3. The maximum Gasteiger partial charge on any atom is 0.460 e. The van der Waals surface area contributed by atoms with Crippen LogP contribution in [0.2, 0.25) is 0 Å². The van der Waals surface area contributed by atoms with Crippen molar-refractivity contribution in [2.24, 2.45) is 5.92 Å². The highest BCUT2D eigenvalue weighted by atomic mass is 32.2. The maximum atomic E-state index is 14.9.